The molecule has 4 heterocycles. The number of aromatic hydroxyl groups is 1. The molecule has 460 valence electrons. The van der Waals surface area contributed by atoms with E-state index >= 15 is 0 Å². The summed E-state index contributed by atoms with van der Waals surface area (Å²) in [5, 5.41) is 28.6. The van der Waals surface area contributed by atoms with Crippen LogP contribution in [0.25, 0.3) is 21.9 Å². The molecule has 0 aliphatic carbocycles. The summed E-state index contributed by atoms with van der Waals surface area (Å²) in [6.07, 6.45) is -5.57. The first-order chi connectivity index (χ1) is 42.4. The Labute approximate surface area is 505 Å². The van der Waals surface area contributed by atoms with Crippen molar-refractivity contribution in [3.05, 3.63) is 198 Å². The number of aromatic nitrogens is 2. The third kappa shape index (κ3) is 16.1. The van der Waals surface area contributed by atoms with E-state index in [2.05, 4.69) is 101 Å². The summed E-state index contributed by atoms with van der Waals surface area (Å²) in [6, 6.07) is 55.2. The molecule has 9 aromatic rings. The summed E-state index contributed by atoms with van der Waals surface area (Å²) < 4.78 is 92.9. The van der Waals surface area contributed by atoms with Gasteiger partial charge in [0.25, 0.3) is 0 Å². The molecule has 2 saturated heterocycles. The van der Waals surface area contributed by atoms with Crippen LogP contribution in [0.15, 0.2) is 185 Å². The largest absolute Gasteiger partial charge is 0.508 e. The second-order valence-electron chi connectivity index (χ2n) is 20.2. The number of urea groups is 2. The van der Waals surface area contributed by atoms with Crippen LogP contribution in [0.1, 0.15) is 74.9 Å². The number of hydrogen-bond acceptors (Lipinski definition) is 11. The maximum absolute atomic E-state index is 13.2. The Morgan fingerprint density at radius 2 is 0.909 bits per heavy atom. The number of para-hydroxylation sites is 2. The topological polar surface area (TPSA) is 183 Å². The number of aliphatic hydroxyl groups excluding tert-OH is 1. The van der Waals surface area contributed by atoms with E-state index in [-0.39, 0.29) is 84.3 Å². The van der Waals surface area contributed by atoms with Gasteiger partial charge in [-0.15, -0.1) is 0 Å². The molecule has 0 bridgehead atoms. The van der Waals surface area contributed by atoms with E-state index in [0.29, 0.717) is 74.9 Å². The third-order valence-electron chi connectivity index (χ3n) is 14.1. The smallest absolute Gasteiger partial charge is 0.437 e. The van der Waals surface area contributed by atoms with Crippen molar-refractivity contribution in [2.75, 3.05) is 49.2 Å². The number of phenols is 1. The van der Waals surface area contributed by atoms with Crippen LogP contribution in [0.5, 0.6) is 11.5 Å². The standard InChI is InChI=1S/C24H24F3N3O4.C18H15P.C13H16N2O3.C11H10F3NO2/c1-2-7-17-19(11-10-18-21(17)34-28-22(18)24(25,26)27)33-15-6-13-30-20(31)12-14-29(23(30)32)16-8-4-3-5-9-16;1-4-10-16(11-5-1)19(17-12-6-2-7-13-17)18-14-8-3-9-15-18;16-10-4-8-15-12(17)7-9-14(13(15)18)11-5-2-1-3-6-11;1-2-3-6-8(16)5-4-7-9(6)17-15-10(7)11(12,13)14/h3-5,8-11H,2,6-7,12-15H2,1H3;1-15H;1-3,5-6,16H,4,7-10H2;4-5,16H,2-3H2,1H3. The van der Waals surface area contributed by atoms with Crippen LogP contribution in [0, 0.1) is 0 Å². The lowest BCUT2D eigenvalue weighted by Gasteiger charge is -2.34. The fraction of sp³-hybridized carbons (Fsp3) is 0.273. The number of carbonyl (C=O) groups is 4. The van der Waals surface area contributed by atoms with Gasteiger partial charge in [0, 0.05) is 68.1 Å². The summed E-state index contributed by atoms with van der Waals surface area (Å²) in [5.41, 5.74) is 0.372. The Kier molecular flexibility index (Phi) is 22.5. The van der Waals surface area contributed by atoms with Crippen LogP contribution in [0.2, 0.25) is 0 Å². The number of hydrogen-bond donors (Lipinski definition) is 2. The Morgan fingerprint density at radius 1 is 0.523 bits per heavy atom. The molecule has 0 saturated carbocycles. The van der Waals surface area contributed by atoms with Crippen molar-refractivity contribution in [3.63, 3.8) is 0 Å². The molecule has 11 rings (SSSR count). The number of anilines is 2. The zero-order valence-electron chi connectivity index (χ0n) is 48.3. The van der Waals surface area contributed by atoms with Crippen molar-refractivity contribution in [3.8, 4) is 11.5 Å². The predicted molar refractivity (Wildman–Crippen MR) is 326 cm³/mol. The van der Waals surface area contributed by atoms with Crippen LogP contribution in [0.3, 0.4) is 0 Å². The van der Waals surface area contributed by atoms with Gasteiger partial charge in [0.05, 0.1) is 17.4 Å². The third-order valence-corrected chi connectivity index (χ3v) is 16.5. The molecule has 0 spiro atoms. The van der Waals surface area contributed by atoms with Gasteiger partial charge < -0.3 is 24.0 Å². The van der Waals surface area contributed by atoms with Gasteiger partial charge in [0.2, 0.25) is 11.8 Å². The number of amides is 6. The number of aliphatic hydroxyl groups is 1. The van der Waals surface area contributed by atoms with E-state index in [1.165, 1.54) is 50.0 Å². The molecule has 22 heteroatoms. The molecule has 0 unspecified atom stereocenters. The molecule has 15 nitrogen and oxygen atoms in total. The van der Waals surface area contributed by atoms with Gasteiger partial charge in [-0.2, -0.15) is 26.3 Å². The lowest BCUT2D eigenvalue weighted by molar-refractivity contribution is -0.142. The van der Waals surface area contributed by atoms with E-state index in [1.54, 1.807) is 9.80 Å². The fourth-order valence-electron chi connectivity index (χ4n) is 9.94. The average molecular weight is 1230 g/mol. The molecule has 2 N–H and O–H groups in total. The minimum absolute atomic E-state index is 0.0131. The number of imide groups is 2. The first-order valence-electron chi connectivity index (χ1n) is 28.6. The second-order valence-corrected chi connectivity index (χ2v) is 22.4. The lowest BCUT2D eigenvalue weighted by atomic mass is 10.0. The number of fused-ring (bicyclic) bond motifs is 2. The minimum Gasteiger partial charge on any atom is -0.508 e. The predicted octanol–water partition coefficient (Wildman–Crippen LogP) is 13.6. The zero-order chi connectivity index (χ0) is 62.8. The van der Waals surface area contributed by atoms with Crippen molar-refractivity contribution in [2.24, 2.45) is 0 Å². The molecule has 0 atom stereocenters. The molecule has 2 aliphatic heterocycles. The van der Waals surface area contributed by atoms with Gasteiger partial charge in [-0.25, -0.2) is 9.59 Å². The summed E-state index contributed by atoms with van der Waals surface area (Å²) in [7, 11) is -0.446. The average Bonchev–Trinajstić information content (AvgIpc) is 2.29. The second kappa shape index (κ2) is 30.5. The Balaban J connectivity index is 0.000000160. The molecular formula is C66H65F6N6O9P. The Bertz CT molecular complexity index is 3640. The minimum atomic E-state index is -4.61. The number of halogens is 6. The van der Waals surface area contributed by atoms with E-state index in [0.717, 1.165) is 11.4 Å². The first-order valence-corrected chi connectivity index (χ1v) is 30.0. The van der Waals surface area contributed by atoms with E-state index < -0.39 is 31.7 Å². The van der Waals surface area contributed by atoms with E-state index in [4.69, 9.17) is 18.9 Å². The number of ether oxygens (including phenoxy) is 1. The molecule has 2 aromatic heterocycles. The van der Waals surface area contributed by atoms with Crippen LogP contribution in [0.4, 0.5) is 47.3 Å². The summed E-state index contributed by atoms with van der Waals surface area (Å²) in [5.74, 6) is -0.0714. The molecule has 7 aromatic carbocycles. The zero-order valence-corrected chi connectivity index (χ0v) is 49.2. The number of phenolic OH excluding ortho intramolecular Hbond substituents is 1. The molecule has 2 fully saturated rings. The van der Waals surface area contributed by atoms with Crippen LogP contribution < -0.4 is 30.5 Å². The Morgan fingerprint density at radius 3 is 1.32 bits per heavy atom. The van der Waals surface area contributed by atoms with Gasteiger partial charge >= 0.3 is 24.4 Å². The number of nitrogens with zero attached hydrogens (tertiary/aromatic N) is 6. The Hall–Kier alpha value is -9.07. The maximum Gasteiger partial charge on any atom is 0.437 e. The van der Waals surface area contributed by atoms with Crippen molar-refractivity contribution in [1.82, 2.24) is 20.1 Å². The van der Waals surface area contributed by atoms with E-state index in [9.17, 15) is 50.6 Å². The highest BCUT2D eigenvalue weighted by Gasteiger charge is 2.39. The number of alkyl halides is 6. The molecule has 0 radical (unpaired) electrons. The first kappa shape index (κ1) is 64.9. The van der Waals surface area contributed by atoms with Crippen molar-refractivity contribution in [2.45, 2.75) is 77.6 Å². The lowest BCUT2D eigenvalue weighted by Crippen LogP contribution is -2.52. The SMILES string of the molecule is CCCc1c(O)ccc2c(C(F)(F)F)noc12.CCCc1c(OCCCN2C(=O)CCN(c3ccccc3)C2=O)ccc2c(C(F)(F)F)noc12.O=C1CCN(c2ccccc2)C(=O)N1CCCO.c1ccc(P(c2ccccc2)c2ccccc2)cc1. The van der Waals surface area contributed by atoms with Crippen molar-refractivity contribution < 1.29 is 69.5 Å². The van der Waals surface area contributed by atoms with E-state index in [1.807, 2.05) is 74.5 Å². The maximum atomic E-state index is 13.2. The highest BCUT2D eigenvalue weighted by Crippen LogP contribution is 2.40. The van der Waals surface area contributed by atoms with Gasteiger partial charge in [-0.3, -0.25) is 29.2 Å². The van der Waals surface area contributed by atoms with Crippen LogP contribution in [-0.4, -0.2) is 93.6 Å². The van der Waals surface area contributed by atoms with Crippen LogP contribution >= 0.6 is 7.92 Å². The van der Waals surface area contributed by atoms with Crippen molar-refractivity contribution >= 4 is 81.0 Å². The van der Waals surface area contributed by atoms with Gasteiger partial charge in [-0.1, -0.05) is 164 Å². The molecule has 2 aliphatic rings. The molecular weight excluding hydrogens is 1170 g/mol. The number of benzene rings is 7. The van der Waals surface area contributed by atoms with Gasteiger partial charge in [0.15, 0.2) is 22.6 Å². The number of rotatable bonds is 17. The fourth-order valence-corrected chi connectivity index (χ4v) is 12.2. The van der Waals surface area contributed by atoms with Gasteiger partial charge in [-0.05, 0) is 98.0 Å². The number of aryl methyl sites for hydroxylation is 2. The van der Waals surface area contributed by atoms with Crippen LogP contribution in [-0.2, 0) is 34.8 Å². The highest BCUT2D eigenvalue weighted by atomic mass is 31.1. The molecule has 88 heavy (non-hydrogen) atoms. The normalized spacial score (nSPS) is 13.7. The summed E-state index contributed by atoms with van der Waals surface area (Å²) in [4.78, 5) is 54.7. The van der Waals surface area contributed by atoms with Crippen molar-refractivity contribution in [1.29, 1.82) is 0 Å². The molecule has 6 amide bonds. The monoisotopic (exact) mass is 1230 g/mol. The summed E-state index contributed by atoms with van der Waals surface area (Å²) in [6.45, 7) is 5.09. The summed E-state index contributed by atoms with van der Waals surface area (Å²) >= 11 is 0. The number of carbonyl (C=O) groups excluding carboxylic acids is 4. The quantitative estimate of drug-likeness (QED) is 0.0502. The highest BCUT2D eigenvalue weighted by molar-refractivity contribution is 7.79. The van der Waals surface area contributed by atoms with Gasteiger partial charge in [0.1, 0.15) is 11.5 Å².